The summed E-state index contributed by atoms with van der Waals surface area (Å²) in [4.78, 5) is 27.7. The van der Waals surface area contributed by atoms with E-state index in [9.17, 15) is 18.0 Å². The van der Waals surface area contributed by atoms with E-state index in [1.165, 1.54) is 28.6 Å². The third-order valence-electron chi connectivity index (χ3n) is 6.85. The summed E-state index contributed by atoms with van der Waals surface area (Å²) in [6, 6.07) is 18.7. The maximum Gasteiger partial charge on any atom is 0.267 e. The number of carbonyl (C=O) groups excluding carboxylic acids is 2. The van der Waals surface area contributed by atoms with Crippen molar-refractivity contribution in [2.24, 2.45) is 0 Å². The Hall–Kier alpha value is -3.89. The van der Waals surface area contributed by atoms with Crippen LogP contribution in [-0.2, 0) is 14.8 Å². The lowest BCUT2D eigenvalue weighted by Crippen LogP contribution is -2.46. The predicted octanol–water partition coefficient (Wildman–Crippen LogP) is 4.22. The van der Waals surface area contributed by atoms with Crippen molar-refractivity contribution in [1.29, 1.82) is 0 Å². The zero-order chi connectivity index (χ0) is 27.6. The SMILES string of the molecule is Cc1ccc(OCCN2C(=O)C(C)Oc3ccc(NC(=O)c4ccc(S(=O)(=O)N5CCCC5)cc4)cc32)cc1. The van der Waals surface area contributed by atoms with Gasteiger partial charge in [0.1, 0.15) is 18.1 Å². The average molecular weight is 550 g/mol. The second-order valence-corrected chi connectivity index (χ2v) is 11.6. The number of nitrogens with one attached hydrogen (secondary N) is 1. The number of hydrogen-bond acceptors (Lipinski definition) is 6. The molecule has 1 fully saturated rings. The van der Waals surface area contributed by atoms with Gasteiger partial charge in [-0.2, -0.15) is 4.31 Å². The molecule has 3 aromatic rings. The molecule has 2 amide bonds. The van der Waals surface area contributed by atoms with E-state index in [4.69, 9.17) is 9.47 Å². The molecule has 10 heteroatoms. The summed E-state index contributed by atoms with van der Waals surface area (Å²) < 4.78 is 38.6. The Kier molecular flexibility index (Phi) is 7.58. The molecule has 0 bridgehead atoms. The number of amides is 2. The summed E-state index contributed by atoms with van der Waals surface area (Å²) in [7, 11) is -3.55. The minimum Gasteiger partial charge on any atom is -0.492 e. The van der Waals surface area contributed by atoms with Crippen LogP contribution >= 0.6 is 0 Å². The number of carbonyl (C=O) groups is 2. The molecular weight excluding hydrogens is 518 g/mol. The van der Waals surface area contributed by atoms with E-state index in [1.807, 2.05) is 31.2 Å². The highest BCUT2D eigenvalue weighted by Gasteiger charge is 2.32. The van der Waals surface area contributed by atoms with E-state index in [2.05, 4.69) is 5.32 Å². The first-order chi connectivity index (χ1) is 18.7. The normalized spacial score (nSPS) is 17.4. The van der Waals surface area contributed by atoms with Gasteiger partial charge >= 0.3 is 0 Å². The van der Waals surface area contributed by atoms with Gasteiger partial charge in [-0.3, -0.25) is 9.59 Å². The third-order valence-corrected chi connectivity index (χ3v) is 8.76. The number of nitrogens with zero attached hydrogens (tertiary/aromatic N) is 2. The van der Waals surface area contributed by atoms with Crippen LogP contribution in [0.5, 0.6) is 11.5 Å². The number of fused-ring (bicyclic) bond motifs is 1. The van der Waals surface area contributed by atoms with Gasteiger partial charge in [-0.25, -0.2) is 8.42 Å². The summed E-state index contributed by atoms with van der Waals surface area (Å²) in [5, 5.41) is 2.83. The van der Waals surface area contributed by atoms with Crippen LogP contribution < -0.4 is 19.7 Å². The van der Waals surface area contributed by atoms with Gasteiger partial charge in [0.25, 0.3) is 11.8 Å². The lowest BCUT2D eigenvalue weighted by Gasteiger charge is -2.33. The van der Waals surface area contributed by atoms with Crippen LogP contribution in [0.2, 0.25) is 0 Å². The van der Waals surface area contributed by atoms with E-state index < -0.39 is 22.0 Å². The quantitative estimate of drug-likeness (QED) is 0.451. The van der Waals surface area contributed by atoms with Crippen LogP contribution in [0.15, 0.2) is 71.6 Å². The Morgan fingerprint density at radius 1 is 1.03 bits per heavy atom. The van der Waals surface area contributed by atoms with Crippen LogP contribution in [0.4, 0.5) is 11.4 Å². The molecule has 0 saturated carbocycles. The van der Waals surface area contributed by atoms with Gasteiger partial charge in [-0.15, -0.1) is 0 Å². The maximum atomic E-state index is 12.9. The van der Waals surface area contributed by atoms with Gasteiger partial charge < -0.3 is 19.7 Å². The molecule has 5 rings (SSSR count). The molecule has 2 aliphatic heterocycles. The molecule has 0 radical (unpaired) electrons. The summed E-state index contributed by atoms with van der Waals surface area (Å²) >= 11 is 0. The fourth-order valence-electron chi connectivity index (χ4n) is 4.66. The number of aryl methyl sites for hydroxylation is 1. The van der Waals surface area contributed by atoms with E-state index >= 15 is 0 Å². The summed E-state index contributed by atoms with van der Waals surface area (Å²) in [5.74, 6) is 0.654. The van der Waals surface area contributed by atoms with Gasteiger partial charge in [0.15, 0.2) is 6.10 Å². The van der Waals surface area contributed by atoms with Gasteiger partial charge in [0.2, 0.25) is 10.0 Å². The van der Waals surface area contributed by atoms with Crippen molar-refractivity contribution >= 4 is 33.2 Å². The lowest BCUT2D eigenvalue weighted by molar-refractivity contribution is -0.125. The molecule has 1 unspecified atom stereocenters. The Labute approximate surface area is 228 Å². The highest BCUT2D eigenvalue weighted by molar-refractivity contribution is 7.89. The van der Waals surface area contributed by atoms with Crippen LogP contribution in [0.25, 0.3) is 0 Å². The molecule has 0 aromatic heterocycles. The number of sulfonamides is 1. The zero-order valence-electron chi connectivity index (χ0n) is 21.9. The van der Waals surface area contributed by atoms with E-state index in [0.29, 0.717) is 42.3 Å². The van der Waals surface area contributed by atoms with Crippen molar-refractivity contribution < 1.29 is 27.5 Å². The number of ether oxygens (including phenoxy) is 2. The number of benzene rings is 3. The van der Waals surface area contributed by atoms with Gasteiger partial charge in [0, 0.05) is 24.3 Å². The van der Waals surface area contributed by atoms with E-state index in [0.717, 1.165) is 24.2 Å². The maximum absolute atomic E-state index is 12.9. The fourth-order valence-corrected chi connectivity index (χ4v) is 6.18. The molecule has 1 atom stereocenters. The lowest BCUT2D eigenvalue weighted by atomic mass is 10.1. The first-order valence-corrected chi connectivity index (χ1v) is 14.4. The van der Waals surface area contributed by atoms with Crippen molar-refractivity contribution in [3.8, 4) is 11.5 Å². The molecule has 2 aliphatic rings. The van der Waals surface area contributed by atoms with Crippen LogP contribution in [-0.4, -0.2) is 56.9 Å². The van der Waals surface area contributed by atoms with Crippen molar-refractivity contribution in [2.45, 2.75) is 37.7 Å². The van der Waals surface area contributed by atoms with Crippen LogP contribution in [0.3, 0.4) is 0 Å². The van der Waals surface area contributed by atoms with Crippen molar-refractivity contribution in [3.05, 3.63) is 77.9 Å². The van der Waals surface area contributed by atoms with Gasteiger partial charge in [-0.05, 0) is 81.3 Å². The number of rotatable bonds is 8. The monoisotopic (exact) mass is 549 g/mol. The molecule has 39 heavy (non-hydrogen) atoms. The second kappa shape index (κ2) is 11.1. The largest absolute Gasteiger partial charge is 0.492 e. The molecule has 1 saturated heterocycles. The van der Waals surface area contributed by atoms with Crippen molar-refractivity contribution in [3.63, 3.8) is 0 Å². The molecule has 0 aliphatic carbocycles. The molecule has 0 spiro atoms. The van der Waals surface area contributed by atoms with Crippen molar-refractivity contribution in [1.82, 2.24) is 4.31 Å². The van der Waals surface area contributed by atoms with E-state index in [-0.39, 0.29) is 17.4 Å². The molecule has 9 nitrogen and oxygen atoms in total. The summed E-state index contributed by atoms with van der Waals surface area (Å²) in [6.45, 7) is 5.32. The smallest absolute Gasteiger partial charge is 0.267 e. The van der Waals surface area contributed by atoms with Crippen LogP contribution in [0.1, 0.15) is 35.7 Å². The molecule has 204 valence electrons. The fraction of sp³-hybridized carbons (Fsp3) is 0.310. The minimum absolute atomic E-state index is 0.169. The topological polar surface area (TPSA) is 105 Å². The minimum atomic E-state index is -3.55. The van der Waals surface area contributed by atoms with Gasteiger partial charge in [0.05, 0.1) is 17.1 Å². The highest BCUT2D eigenvalue weighted by Crippen LogP contribution is 2.36. The van der Waals surface area contributed by atoms with Gasteiger partial charge in [-0.1, -0.05) is 17.7 Å². The molecule has 1 N–H and O–H groups in total. The molecule has 2 heterocycles. The summed E-state index contributed by atoms with van der Waals surface area (Å²) in [6.07, 6.45) is 1.06. The Bertz CT molecular complexity index is 1470. The zero-order valence-corrected chi connectivity index (χ0v) is 22.7. The Morgan fingerprint density at radius 3 is 2.41 bits per heavy atom. The number of anilines is 2. The van der Waals surface area contributed by atoms with Crippen molar-refractivity contribution in [2.75, 3.05) is 36.5 Å². The second-order valence-electron chi connectivity index (χ2n) is 9.68. The first-order valence-electron chi connectivity index (χ1n) is 13.0. The Morgan fingerprint density at radius 2 is 1.72 bits per heavy atom. The van der Waals surface area contributed by atoms with Crippen LogP contribution in [0, 0.1) is 6.92 Å². The highest BCUT2D eigenvalue weighted by atomic mass is 32.2. The third kappa shape index (κ3) is 5.76. The average Bonchev–Trinajstić information content (AvgIpc) is 3.48. The Balaban J connectivity index is 1.28. The number of hydrogen-bond donors (Lipinski definition) is 1. The predicted molar refractivity (Wildman–Crippen MR) is 148 cm³/mol. The molecular formula is C29H31N3O6S. The van der Waals surface area contributed by atoms with E-state index in [1.54, 1.807) is 30.0 Å². The first kappa shape index (κ1) is 26.7. The molecule has 3 aromatic carbocycles. The summed E-state index contributed by atoms with van der Waals surface area (Å²) in [5.41, 5.74) is 2.46. The standard InChI is InChI=1S/C29H31N3O6S/c1-20-5-10-24(11-6-20)37-18-17-32-26-19-23(9-14-27(26)38-21(2)29(32)34)30-28(33)22-7-12-25(13-8-22)39(35,36)31-15-3-4-16-31/h5-14,19,21H,3-4,15-18H2,1-2H3,(H,30,33).